The summed E-state index contributed by atoms with van der Waals surface area (Å²) in [4.78, 5) is 28.0. The average molecular weight is 499 g/mol. The third-order valence-corrected chi connectivity index (χ3v) is 7.87. The number of furan rings is 1. The van der Waals surface area contributed by atoms with E-state index < -0.39 is 0 Å². The predicted molar refractivity (Wildman–Crippen MR) is 140 cm³/mol. The Balaban J connectivity index is 1.24. The highest BCUT2D eigenvalue weighted by Crippen LogP contribution is 2.40. The Hall–Kier alpha value is -3.54. The van der Waals surface area contributed by atoms with Crippen LogP contribution in [0.5, 0.6) is 5.75 Å². The van der Waals surface area contributed by atoms with Crippen LogP contribution in [0.25, 0.3) is 0 Å². The fourth-order valence-corrected chi connectivity index (χ4v) is 5.74. The lowest BCUT2D eigenvalue weighted by Gasteiger charge is -2.39. The number of carbonyl (C=O) groups excluding carboxylic acids is 2. The molecule has 1 N–H and O–H groups in total. The number of aryl methyl sites for hydroxylation is 1. The highest BCUT2D eigenvalue weighted by atomic mass is 16.5. The highest BCUT2D eigenvalue weighted by Gasteiger charge is 2.36. The molecule has 2 fully saturated rings. The van der Waals surface area contributed by atoms with Crippen molar-refractivity contribution in [1.29, 1.82) is 0 Å². The fourth-order valence-electron chi connectivity index (χ4n) is 5.74. The van der Waals surface area contributed by atoms with Gasteiger partial charge in [-0.25, -0.2) is 0 Å². The van der Waals surface area contributed by atoms with Crippen LogP contribution in [-0.4, -0.2) is 29.3 Å². The topological polar surface area (TPSA) is 71.8 Å². The molecule has 37 heavy (non-hydrogen) atoms. The van der Waals surface area contributed by atoms with Crippen molar-refractivity contribution in [3.8, 4) is 5.75 Å². The van der Waals surface area contributed by atoms with Crippen LogP contribution in [0.15, 0.2) is 59.0 Å². The van der Waals surface area contributed by atoms with Crippen molar-refractivity contribution in [2.24, 2.45) is 5.92 Å². The molecule has 2 aromatic carbocycles. The van der Waals surface area contributed by atoms with E-state index in [-0.39, 0.29) is 36.4 Å². The zero-order chi connectivity index (χ0) is 25.4. The fraction of sp³-hybridized carbons (Fsp3) is 0.419. The first-order valence-corrected chi connectivity index (χ1v) is 13.6. The summed E-state index contributed by atoms with van der Waals surface area (Å²) in [6.45, 7) is 3.06. The van der Waals surface area contributed by atoms with Gasteiger partial charge in [0, 0.05) is 18.5 Å². The molecule has 6 rings (SSSR count). The Morgan fingerprint density at radius 3 is 2.65 bits per heavy atom. The lowest BCUT2D eigenvalue weighted by molar-refractivity contribution is -0.137. The molecule has 0 unspecified atom stereocenters. The summed E-state index contributed by atoms with van der Waals surface area (Å²) in [5.74, 6) is 1.90. The molecule has 3 aliphatic rings. The van der Waals surface area contributed by atoms with Gasteiger partial charge in [-0.05, 0) is 80.0 Å². The van der Waals surface area contributed by atoms with Crippen molar-refractivity contribution in [2.75, 3.05) is 6.54 Å². The van der Waals surface area contributed by atoms with Gasteiger partial charge in [0.25, 0.3) is 5.91 Å². The maximum atomic E-state index is 13.7. The zero-order valence-corrected chi connectivity index (χ0v) is 21.4. The van der Waals surface area contributed by atoms with Crippen LogP contribution in [0, 0.1) is 12.8 Å². The van der Waals surface area contributed by atoms with Crippen LogP contribution in [0.3, 0.4) is 0 Å². The van der Waals surface area contributed by atoms with Crippen molar-refractivity contribution in [3.63, 3.8) is 0 Å². The van der Waals surface area contributed by atoms with E-state index in [9.17, 15) is 9.59 Å². The molecule has 0 radical (unpaired) electrons. The number of nitrogens with one attached hydrogen (secondary N) is 1. The van der Waals surface area contributed by atoms with Gasteiger partial charge < -0.3 is 19.4 Å². The van der Waals surface area contributed by atoms with Gasteiger partial charge in [0.15, 0.2) is 5.76 Å². The number of ether oxygens (including phenoxy) is 1. The molecule has 1 atom stereocenters. The first-order chi connectivity index (χ1) is 18.0. The summed E-state index contributed by atoms with van der Waals surface area (Å²) in [6, 6.07) is 18.3. The van der Waals surface area contributed by atoms with Gasteiger partial charge in [-0.1, -0.05) is 48.7 Å². The van der Waals surface area contributed by atoms with Crippen LogP contribution in [-0.2, 0) is 17.8 Å². The standard InChI is InChI=1S/C31H34N2O4/c1-20-5-4-8-23(17-20)29-27-18-25(36-19-26-13-14-28(37-26)30(34)32-24-10-11-24)12-9-21(27)15-16-33(29)31(35)22-6-2-3-7-22/h4-5,8-9,12-14,17-18,22,24,29H,2-3,6-7,10-11,15-16,19H2,1H3,(H,32,34)/t29-/m0/s1. The van der Waals surface area contributed by atoms with Crippen molar-refractivity contribution < 1.29 is 18.7 Å². The second-order valence-corrected chi connectivity index (χ2v) is 10.7. The Kier molecular flexibility index (Phi) is 6.49. The van der Waals surface area contributed by atoms with Crippen molar-refractivity contribution >= 4 is 11.8 Å². The summed E-state index contributed by atoms with van der Waals surface area (Å²) in [5.41, 5.74) is 4.71. The summed E-state index contributed by atoms with van der Waals surface area (Å²) >= 11 is 0. The van der Waals surface area contributed by atoms with Crippen LogP contribution in [0.1, 0.15) is 83.1 Å². The van der Waals surface area contributed by atoms with Crippen LogP contribution < -0.4 is 10.1 Å². The molecule has 2 amide bonds. The molecule has 2 heterocycles. The summed E-state index contributed by atoms with van der Waals surface area (Å²) < 4.78 is 11.8. The molecule has 192 valence electrons. The van der Waals surface area contributed by atoms with Crippen molar-refractivity contribution in [3.05, 3.63) is 88.4 Å². The van der Waals surface area contributed by atoms with Gasteiger partial charge in [0.05, 0.1) is 6.04 Å². The SMILES string of the molecule is Cc1cccc([C@H]2c3cc(OCc4ccc(C(=O)NC5CC5)o4)ccc3CCN2C(=O)C2CCCC2)c1. The molecular weight excluding hydrogens is 464 g/mol. The van der Waals surface area contributed by atoms with E-state index in [0.717, 1.165) is 68.4 Å². The Labute approximate surface area is 218 Å². The number of hydrogen-bond donors (Lipinski definition) is 1. The summed E-state index contributed by atoms with van der Waals surface area (Å²) in [6.07, 6.45) is 7.19. The first-order valence-electron chi connectivity index (χ1n) is 13.6. The normalized spacial score (nSPS) is 19.5. The Morgan fingerprint density at radius 1 is 1.03 bits per heavy atom. The largest absolute Gasteiger partial charge is 0.486 e. The molecule has 2 aliphatic carbocycles. The minimum atomic E-state index is -0.171. The van der Waals surface area contributed by atoms with Gasteiger partial charge in [-0.2, -0.15) is 0 Å². The monoisotopic (exact) mass is 498 g/mol. The lowest BCUT2D eigenvalue weighted by Crippen LogP contribution is -2.43. The minimum Gasteiger partial charge on any atom is -0.486 e. The van der Waals surface area contributed by atoms with Crippen molar-refractivity contribution in [1.82, 2.24) is 10.2 Å². The molecule has 1 aromatic heterocycles. The number of carbonyl (C=O) groups is 2. The van der Waals surface area contributed by atoms with E-state index in [1.54, 1.807) is 12.1 Å². The summed E-state index contributed by atoms with van der Waals surface area (Å²) in [5, 5.41) is 2.94. The van der Waals surface area contributed by atoms with Crippen LogP contribution >= 0.6 is 0 Å². The number of hydrogen-bond acceptors (Lipinski definition) is 4. The first kappa shape index (κ1) is 23.8. The van der Waals surface area contributed by atoms with E-state index >= 15 is 0 Å². The van der Waals surface area contributed by atoms with E-state index in [2.05, 4.69) is 53.5 Å². The van der Waals surface area contributed by atoms with Gasteiger partial charge >= 0.3 is 0 Å². The highest BCUT2D eigenvalue weighted by molar-refractivity contribution is 5.91. The molecule has 0 spiro atoms. The molecule has 0 bridgehead atoms. The number of rotatable bonds is 7. The number of benzene rings is 2. The average Bonchev–Trinajstić information content (AvgIpc) is 3.35. The second-order valence-electron chi connectivity index (χ2n) is 10.7. The number of fused-ring (bicyclic) bond motifs is 1. The smallest absolute Gasteiger partial charge is 0.287 e. The van der Waals surface area contributed by atoms with E-state index in [1.807, 2.05) is 6.07 Å². The zero-order valence-electron chi connectivity index (χ0n) is 21.4. The molecule has 3 aromatic rings. The van der Waals surface area contributed by atoms with Gasteiger partial charge in [0.1, 0.15) is 18.1 Å². The second kappa shape index (κ2) is 10.1. The molecule has 2 saturated carbocycles. The van der Waals surface area contributed by atoms with E-state index in [0.29, 0.717) is 11.5 Å². The van der Waals surface area contributed by atoms with Gasteiger partial charge in [-0.3, -0.25) is 9.59 Å². The number of amides is 2. The minimum absolute atomic E-state index is 0.123. The number of nitrogens with zero attached hydrogens (tertiary/aromatic N) is 1. The van der Waals surface area contributed by atoms with Crippen LogP contribution in [0.2, 0.25) is 0 Å². The van der Waals surface area contributed by atoms with Gasteiger partial charge in [0.2, 0.25) is 5.91 Å². The third kappa shape index (κ3) is 5.15. The molecule has 1 aliphatic heterocycles. The van der Waals surface area contributed by atoms with E-state index in [4.69, 9.17) is 9.15 Å². The maximum Gasteiger partial charge on any atom is 0.287 e. The summed E-state index contributed by atoms with van der Waals surface area (Å²) in [7, 11) is 0. The predicted octanol–water partition coefficient (Wildman–Crippen LogP) is 5.72. The van der Waals surface area contributed by atoms with Crippen LogP contribution in [0.4, 0.5) is 0 Å². The van der Waals surface area contributed by atoms with Crippen molar-refractivity contribution in [2.45, 2.75) is 70.6 Å². The Morgan fingerprint density at radius 2 is 1.86 bits per heavy atom. The quantitative estimate of drug-likeness (QED) is 0.452. The van der Waals surface area contributed by atoms with E-state index in [1.165, 1.54) is 11.1 Å². The molecule has 6 heteroatoms. The Bertz CT molecular complexity index is 1300. The molecule has 0 saturated heterocycles. The molecule has 6 nitrogen and oxygen atoms in total. The maximum absolute atomic E-state index is 13.7. The molecular formula is C31H34N2O4. The third-order valence-electron chi connectivity index (χ3n) is 7.87. The lowest BCUT2D eigenvalue weighted by atomic mass is 9.86. The van der Waals surface area contributed by atoms with Gasteiger partial charge in [-0.15, -0.1) is 0 Å².